The second kappa shape index (κ2) is 7.39. The number of nitrogens with two attached hydrogens (primary N) is 1. The summed E-state index contributed by atoms with van der Waals surface area (Å²) in [5, 5.41) is 8.47. The number of anilines is 1. The van der Waals surface area contributed by atoms with Crippen molar-refractivity contribution in [3.05, 3.63) is 24.0 Å². The van der Waals surface area contributed by atoms with E-state index < -0.39 is 15.8 Å². The van der Waals surface area contributed by atoms with Gasteiger partial charge in [-0.05, 0) is 24.6 Å². The molecule has 0 aliphatic carbocycles. The minimum Gasteiger partial charge on any atom is -0.398 e. The molecule has 0 spiro atoms. The van der Waals surface area contributed by atoms with Gasteiger partial charge in [-0.15, -0.1) is 0 Å². The van der Waals surface area contributed by atoms with Crippen molar-refractivity contribution in [1.29, 1.82) is 0 Å². The van der Waals surface area contributed by atoms with Gasteiger partial charge in [-0.25, -0.2) is 17.5 Å². The van der Waals surface area contributed by atoms with Crippen LogP contribution < -0.4 is 10.5 Å². The van der Waals surface area contributed by atoms with Gasteiger partial charge in [0, 0.05) is 13.2 Å². The van der Waals surface area contributed by atoms with Crippen LogP contribution in [0, 0.1) is 5.82 Å². The van der Waals surface area contributed by atoms with Crippen molar-refractivity contribution in [3.8, 4) is 0 Å². The molecule has 4 N–H and O–H groups in total. The summed E-state index contributed by atoms with van der Waals surface area (Å²) in [5.74, 6) is -0.589. The van der Waals surface area contributed by atoms with E-state index >= 15 is 0 Å². The molecule has 0 bridgehead atoms. The van der Waals surface area contributed by atoms with Gasteiger partial charge in [-0.2, -0.15) is 0 Å². The van der Waals surface area contributed by atoms with E-state index in [9.17, 15) is 12.8 Å². The number of halogens is 1. The van der Waals surface area contributed by atoms with Gasteiger partial charge in [-0.3, -0.25) is 0 Å². The topological polar surface area (TPSA) is 102 Å². The molecule has 0 heterocycles. The fraction of sp³-hybridized carbons (Fsp3) is 0.455. The average Bonchev–Trinajstić information content (AvgIpc) is 2.33. The van der Waals surface area contributed by atoms with Crippen LogP contribution in [0.3, 0.4) is 0 Å². The van der Waals surface area contributed by atoms with E-state index in [0.29, 0.717) is 13.0 Å². The van der Waals surface area contributed by atoms with Gasteiger partial charge >= 0.3 is 0 Å². The van der Waals surface area contributed by atoms with Crippen molar-refractivity contribution in [2.75, 3.05) is 32.1 Å². The molecule has 0 fully saturated rings. The summed E-state index contributed by atoms with van der Waals surface area (Å²) < 4.78 is 43.9. The predicted molar refractivity (Wildman–Crippen MR) is 68.5 cm³/mol. The van der Waals surface area contributed by atoms with Crippen LogP contribution in [0.1, 0.15) is 6.42 Å². The Morgan fingerprint density at radius 1 is 1.37 bits per heavy atom. The highest BCUT2D eigenvalue weighted by molar-refractivity contribution is 7.89. The highest BCUT2D eigenvalue weighted by Crippen LogP contribution is 2.18. The summed E-state index contributed by atoms with van der Waals surface area (Å²) in [5.41, 5.74) is 5.33. The number of aliphatic hydroxyl groups is 1. The quantitative estimate of drug-likeness (QED) is 0.465. The number of aliphatic hydroxyl groups excluding tert-OH is 1. The number of sulfonamides is 1. The second-order valence-corrected chi connectivity index (χ2v) is 5.50. The molecule has 0 radical (unpaired) electrons. The number of rotatable bonds is 8. The van der Waals surface area contributed by atoms with Gasteiger partial charge in [0.15, 0.2) is 0 Å². The number of hydrogen-bond donors (Lipinski definition) is 3. The normalized spacial score (nSPS) is 11.7. The molecule has 0 atom stereocenters. The minimum atomic E-state index is -3.75. The Balaban J connectivity index is 2.52. The zero-order valence-corrected chi connectivity index (χ0v) is 11.1. The first-order valence-electron chi connectivity index (χ1n) is 5.70. The molecule has 0 saturated carbocycles. The Labute approximate surface area is 111 Å². The van der Waals surface area contributed by atoms with E-state index in [1.165, 1.54) is 0 Å². The van der Waals surface area contributed by atoms with Gasteiger partial charge in [0.05, 0.1) is 18.9 Å². The third-order valence-electron chi connectivity index (χ3n) is 2.25. The molecular weight excluding hydrogens is 275 g/mol. The van der Waals surface area contributed by atoms with E-state index in [-0.39, 0.29) is 30.3 Å². The van der Waals surface area contributed by atoms with Crippen LogP contribution in [0.5, 0.6) is 0 Å². The van der Waals surface area contributed by atoms with Crippen molar-refractivity contribution >= 4 is 15.7 Å². The lowest BCUT2D eigenvalue weighted by atomic mass is 10.3. The number of nitrogen functional groups attached to an aromatic ring is 1. The lowest BCUT2D eigenvalue weighted by molar-refractivity contribution is 0.0913. The van der Waals surface area contributed by atoms with Crippen LogP contribution in [0.2, 0.25) is 0 Å². The number of nitrogens with one attached hydrogen (secondary N) is 1. The molecule has 1 rings (SSSR count). The number of ether oxygens (including phenoxy) is 1. The average molecular weight is 292 g/mol. The Hall–Kier alpha value is -1.22. The minimum absolute atomic E-state index is 0.0716. The van der Waals surface area contributed by atoms with Crippen LogP contribution in [-0.2, 0) is 14.8 Å². The molecule has 1 aromatic rings. The van der Waals surface area contributed by atoms with Crippen LogP contribution in [0.4, 0.5) is 10.1 Å². The fourth-order valence-corrected chi connectivity index (χ4v) is 2.57. The van der Waals surface area contributed by atoms with Gasteiger partial charge in [0.25, 0.3) is 0 Å². The van der Waals surface area contributed by atoms with Crippen LogP contribution >= 0.6 is 0 Å². The smallest absolute Gasteiger partial charge is 0.242 e. The van der Waals surface area contributed by atoms with Gasteiger partial charge in [0.1, 0.15) is 10.7 Å². The molecule has 0 aliphatic rings. The second-order valence-electron chi connectivity index (χ2n) is 3.77. The van der Waals surface area contributed by atoms with Crippen LogP contribution in [0.15, 0.2) is 23.1 Å². The highest BCUT2D eigenvalue weighted by Gasteiger charge is 2.16. The standard InChI is InChI=1S/C11H17FN2O4S/c12-9-2-3-11(10(13)8-9)19(16,17)14-4-1-6-18-7-5-15/h2-3,8,14-15H,1,4-7,13H2. The van der Waals surface area contributed by atoms with Crippen molar-refractivity contribution < 1.29 is 22.7 Å². The lowest BCUT2D eigenvalue weighted by Gasteiger charge is -2.09. The van der Waals surface area contributed by atoms with E-state index in [1.807, 2.05) is 0 Å². The maximum atomic E-state index is 12.8. The fourth-order valence-electron chi connectivity index (χ4n) is 1.39. The van der Waals surface area contributed by atoms with Gasteiger partial charge < -0.3 is 15.6 Å². The number of hydrogen-bond acceptors (Lipinski definition) is 5. The summed E-state index contributed by atoms with van der Waals surface area (Å²) in [7, 11) is -3.75. The molecule has 0 aliphatic heterocycles. The predicted octanol–water partition coefficient (Wildman–Crippen LogP) is 0.0852. The SMILES string of the molecule is Nc1cc(F)ccc1S(=O)(=O)NCCCOCCO. The molecule has 108 valence electrons. The van der Waals surface area contributed by atoms with E-state index in [4.69, 9.17) is 15.6 Å². The third kappa shape index (κ3) is 5.11. The molecule has 19 heavy (non-hydrogen) atoms. The van der Waals surface area contributed by atoms with Gasteiger partial charge in [-0.1, -0.05) is 0 Å². The Morgan fingerprint density at radius 3 is 2.74 bits per heavy atom. The van der Waals surface area contributed by atoms with Crippen LogP contribution in [0.25, 0.3) is 0 Å². The molecule has 6 nitrogen and oxygen atoms in total. The Bertz CT molecular complexity index is 507. The van der Waals surface area contributed by atoms with E-state index in [0.717, 1.165) is 18.2 Å². The molecule has 1 aromatic carbocycles. The third-order valence-corrected chi connectivity index (χ3v) is 3.79. The first-order valence-corrected chi connectivity index (χ1v) is 7.19. The summed E-state index contributed by atoms with van der Waals surface area (Å²) in [6.07, 6.45) is 0.459. The molecule has 0 saturated heterocycles. The van der Waals surface area contributed by atoms with E-state index in [1.54, 1.807) is 0 Å². The molecular formula is C11H17FN2O4S. The lowest BCUT2D eigenvalue weighted by Crippen LogP contribution is -2.26. The highest BCUT2D eigenvalue weighted by atomic mass is 32.2. The van der Waals surface area contributed by atoms with Crippen molar-refractivity contribution in [3.63, 3.8) is 0 Å². The maximum absolute atomic E-state index is 12.8. The molecule has 8 heteroatoms. The zero-order valence-electron chi connectivity index (χ0n) is 10.3. The zero-order chi connectivity index (χ0) is 14.3. The summed E-state index contributed by atoms with van der Waals surface area (Å²) in [6, 6.07) is 3.11. The van der Waals surface area contributed by atoms with Gasteiger partial charge in [0.2, 0.25) is 10.0 Å². The Morgan fingerprint density at radius 2 is 2.11 bits per heavy atom. The summed E-state index contributed by atoms with van der Waals surface area (Å²) in [4.78, 5) is -0.148. The Kier molecular flexibility index (Phi) is 6.16. The van der Waals surface area contributed by atoms with Crippen LogP contribution in [-0.4, -0.2) is 39.9 Å². The first-order chi connectivity index (χ1) is 8.97. The summed E-state index contributed by atoms with van der Waals surface area (Å²) >= 11 is 0. The monoisotopic (exact) mass is 292 g/mol. The van der Waals surface area contributed by atoms with Crippen molar-refractivity contribution in [1.82, 2.24) is 4.72 Å². The summed E-state index contributed by atoms with van der Waals surface area (Å²) in [6.45, 7) is 0.655. The molecule has 0 amide bonds. The first kappa shape index (κ1) is 15.8. The number of benzene rings is 1. The maximum Gasteiger partial charge on any atom is 0.242 e. The molecule has 0 unspecified atom stereocenters. The molecule has 0 aromatic heterocycles. The van der Waals surface area contributed by atoms with E-state index in [2.05, 4.69) is 4.72 Å². The largest absolute Gasteiger partial charge is 0.398 e. The van der Waals surface area contributed by atoms with Crippen molar-refractivity contribution in [2.45, 2.75) is 11.3 Å². The van der Waals surface area contributed by atoms with Crippen molar-refractivity contribution in [2.24, 2.45) is 0 Å².